The number of benzene rings is 1. The lowest BCUT2D eigenvalue weighted by molar-refractivity contribution is 0.440. The summed E-state index contributed by atoms with van der Waals surface area (Å²) in [5.41, 5.74) is 0.823. The van der Waals surface area contributed by atoms with Gasteiger partial charge in [0.2, 0.25) is 10.0 Å². The Morgan fingerprint density at radius 2 is 1.77 bits per heavy atom. The number of sulfonamides is 1. The fraction of sp³-hybridized carbons (Fsp3) is 0.412. The van der Waals surface area contributed by atoms with Gasteiger partial charge in [-0.1, -0.05) is 49.2 Å². The van der Waals surface area contributed by atoms with Crippen LogP contribution in [0.2, 0.25) is 0 Å². The highest BCUT2D eigenvalue weighted by atomic mass is 32.2. The van der Waals surface area contributed by atoms with Crippen LogP contribution in [0, 0.1) is 0 Å². The monoisotopic (exact) mass is 335 g/mol. The highest BCUT2D eigenvalue weighted by Gasteiger charge is 2.37. The minimum absolute atomic E-state index is 0.00206. The van der Waals surface area contributed by atoms with Gasteiger partial charge in [-0.15, -0.1) is 11.3 Å². The van der Waals surface area contributed by atoms with Crippen LogP contribution in [0.25, 0.3) is 0 Å². The Morgan fingerprint density at radius 3 is 2.41 bits per heavy atom. The molecule has 1 saturated carbocycles. The van der Waals surface area contributed by atoms with E-state index in [-0.39, 0.29) is 11.2 Å². The van der Waals surface area contributed by atoms with Gasteiger partial charge in [-0.25, -0.2) is 13.1 Å². The van der Waals surface area contributed by atoms with Gasteiger partial charge >= 0.3 is 0 Å². The molecule has 0 spiro atoms. The first kappa shape index (κ1) is 15.7. The van der Waals surface area contributed by atoms with Crippen molar-refractivity contribution in [2.45, 2.75) is 36.9 Å². The highest BCUT2D eigenvalue weighted by Crippen LogP contribution is 2.42. The van der Waals surface area contributed by atoms with E-state index >= 15 is 0 Å². The van der Waals surface area contributed by atoms with Crippen molar-refractivity contribution < 1.29 is 8.42 Å². The van der Waals surface area contributed by atoms with E-state index in [4.69, 9.17) is 0 Å². The molecule has 1 aromatic heterocycles. The second-order valence-corrected chi connectivity index (χ2v) is 8.79. The quantitative estimate of drug-likeness (QED) is 0.875. The van der Waals surface area contributed by atoms with Crippen LogP contribution in [0.15, 0.2) is 47.8 Å². The smallest absolute Gasteiger partial charge is 0.214 e. The predicted molar refractivity (Wildman–Crippen MR) is 91.5 cm³/mol. The SMILES string of the molecule is O=S(=O)(Cc1ccccc1)NCC1(c2cccs2)CCCC1. The van der Waals surface area contributed by atoms with Gasteiger partial charge in [0.05, 0.1) is 5.75 Å². The van der Waals surface area contributed by atoms with Crippen LogP contribution in [0.5, 0.6) is 0 Å². The Morgan fingerprint density at radius 1 is 1.05 bits per heavy atom. The summed E-state index contributed by atoms with van der Waals surface area (Å²) in [6.45, 7) is 0.517. The average Bonchev–Trinajstić information content (AvgIpc) is 3.18. The number of hydrogen-bond donors (Lipinski definition) is 1. The molecule has 22 heavy (non-hydrogen) atoms. The second-order valence-electron chi connectivity index (χ2n) is 6.03. The molecule has 5 heteroatoms. The summed E-state index contributed by atoms with van der Waals surface area (Å²) in [6.07, 6.45) is 4.50. The summed E-state index contributed by atoms with van der Waals surface area (Å²) in [4.78, 5) is 1.31. The van der Waals surface area contributed by atoms with Crippen LogP contribution in [-0.2, 0) is 21.2 Å². The number of hydrogen-bond acceptors (Lipinski definition) is 3. The topological polar surface area (TPSA) is 46.2 Å². The van der Waals surface area contributed by atoms with Crippen molar-refractivity contribution in [2.24, 2.45) is 0 Å². The third-order valence-corrected chi connectivity index (χ3v) is 6.85. The van der Waals surface area contributed by atoms with E-state index in [0.717, 1.165) is 18.4 Å². The number of nitrogens with one attached hydrogen (secondary N) is 1. The van der Waals surface area contributed by atoms with E-state index in [9.17, 15) is 8.42 Å². The van der Waals surface area contributed by atoms with Gasteiger partial charge in [0.15, 0.2) is 0 Å². The summed E-state index contributed by atoms with van der Waals surface area (Å²) in [5.74, 6) is 0.0500. The van der Waals surface area contributed by atoms with Crippen molar-refractivity contribution >= 4 is 21.4 Å². The van der Waals surface area contributed by atoms with E-state index < -0.39 is 10.0 Å². The average molecular weight is 335 g/mol. The Kier molecular flexibility index (Phi) is 4.66. The molecular weight excluding hydrogens is 314 g/mol. The standard InChI is InChI=1S/C17H21NO2S2/c19-22(20,13-15-7-2-1-3-8-15)18-14-17(10-4-5-11-17)16-9-6-12-21-16/h1-3,6-9,12,18H,4-5,10-11,13-14H2. The van der Waals surface area contributed by atoms with Gasteiger partial charge in [-0.2, -0.15) is 0 Å². The maximum absolute atomic E-state index is 12.4. The molecule has 0 aliphatic heterocycles. The lowest BCUT2D eigenvalue weighted by atomic mass is 9.85. The molecule has 1 aliphatic carbocycles. The molecular formula is C17H21NO2S2. The summed E-state index contributed by atoms with van der Waals surface area (Å²) in [6, 6.07) is 13.5. The van der Waals surface area contributed by atoms with Crippen LogP contribution in [-0.4, -0.2) is 15.0 Å². The van der Waals surface area contributed by atoms with Crippen molar-refractivity contribution in [1.29, 1.82) is 0 Å². The highest BCUT2D eigenvalue weighted by molar-refractivity contribution is 7.88. The molecule has 3 nitrogen and oxygen atoms in total. The first-order valence-corrected chi connectivity index (χ1v) is 10.2. The van der Waals surface area contributed by atoms with Crippen LogP contribution >= 0.6 is 11.3 Å². The molecule has 1 heterocycles. The summed E-state index contributed by atoms with van der Waals surface area (Å²) >= 11 is 1.74. The molecule has 118 valence electrons. The lowest BCUT2D eigenvalue weighted by Crippen LogP contribution is -2.39. The van der Waals surface area contributed by atoms with Crippen molar-refractivity contribution in [2.75, 3.05) is 6.54 Å². The maximum atomic E-state index is 12.4. The molecule has 1 aliphatic rings. The van der Waals surface area contributed by atoms with E-state index in [2.05, 4.69) is 22.2 Å². The summed E-state index contributed by atoms with van der Waals surface area (Å²) < 4.78 is 27.6. The fourth-order valence-electron chi connectivity index (χ4n) is 3.24. The van der Waals surface area contributed by atoms with E-state index in [1.807, 2.05) is 30.3 Å². The molecule has 2 aromatic rings. The Labute approximate surface area is 136 Å². The molecule has 0 unspecified atom stereocenters. The number of rotatable bonds is 6. The zero-order valence-electron chi connectivity index (χ0n) is 12.5. The fourth-order valence-corrected chi connectivity index (χ4v) is 5.45. The number of thiophene rings is 1. The summed E-state index contributed by atoms with van der Waals surface area (Å²) in [5, 5.41) is 2.08. The zero-order valence-corrected chi connectivity index (χ0v) is 14.1. The van der Waals surface area contributed by atoms with Crippen molar-refractivity contribution in [3.05, 3.63) is 58.3 Å². The molecule has 0 atom stereocenters. The van der Waals surface area contributed by atoms with Crippen LogP contribution < -0.4 is 4.72 Å². The molecule has 1 fully saturated rings. The predicted octanol–water partition coefficient (Wildman–Crippen LogP) is 3.68. The van der Waals surface area contributed by atoms with Gasteiger partial charge in [0, 0.05) is 16.8 Å². The van der Waals surface area contributed by atoms with Crippen molar-refractivity contribution in [3.63, 3.8) is 0 Å². The second kappa shape index (κ2) is 6.52. The normalized spacial score (nSPS) is 17.6. The van der Waals surface area contributed by atoms with Gasteiger partial charge in [0.25, 0.3) is 0 Å². The first-order valence-electron chi connectivity index (χ1n) is 7.65. The van der Waals surface area contributed by atoms with Crippen LogP contribution in [0.4, 0.5) is 0 Å². The molecule has 1 aromatic carbocycles. The molecule has 0 radical (unpaired) electrons. The molecule has 3 rings (SSSR count). The van der Waals surface area contributed by atoms with Crippen molar-refractivity contribution in [1.82, 2.24) is 4.72 Å². The molecule has 1 N–H and O–H groups in total. The van der Waals surface area contributed by atoms with Crippen molar-refractivity contribution in [3.8, 4) is 0 Å². The largest absolute Gasteiger partial charge is 0.215 e. The lowest BCUT2D eigenvalue weighted by Gasteiger charge is -2.28. The molecule has 0 bridgehead atoms. The van der Waals surface area contributed by atoms with Gasteiger partial charge in [-0.3, -0.25) is 0 Å². The minimum Gasteiger partial charge on any atom is -0.214 e. The summed E-state index contributed by atoms with van der Waals surface area (Å²) in [7, 11) is -3.30. The Bertz CT molecular complexity index is 688. The van der Waals surface area contributed by atoms with Gasteiger partial charge < -0.3 is 0 Å². The zero-order chi connectivity index (χ0) is 15.5. The minimum atomic E-state index is -3.30. The maximum Gasteiger partial charge on any atom is 0.215 e. The molecule has 0 saturated heterocycles. The van der Waals surface area contributed by atoms with E-state index in [1.165, 1.54) is 17.7 Å². The Balaban J connectivity index is 1.70. The van der Waals surface area contributed by atoms with Gasteiger partial charge in [-0.05, 0) is 29.9 Å². The third-order valence-electron chi connectivity index (χ3n) is 4.43. The first-order chi connectivity index (χ1) is 10.6. The van der Waals surface area contributed by atoms with E-state index in [1.54, 1.807) is 11.3 Å². The third kappa shape index (κ3) is 3.59. The van der Waals surface area contributed by atoms with Crippen LogP contribution in [0.1, 0.15) is 36.1 Å². The van der Waals surface area contributed by atoms with Crippen LogP contribution in [0.3, 0.4) is 0 Å². The Hall–Kier alpha value is -1.17. The van der Waals surface area contributed by atoms with E-state index in [0.29, 0.717) is 6.54 Å². The van der Waals surface area contributed by atoms with Gasteiger partial charge in [0.1, 0.15) is 0 Å². The molecule has 0 amide bonds.